The molecule has 0 saturated carbocycles. The number of rotatable bonds is 12. The Labute approximate surface area is 176 Å². The summed E-state index contributed by atoms with van der Waals surface area (Å²) in [5.41, 5.74) is 2.68. The van der Waals surface area contributed by atoms with Gasteiger partial charge < -0.3 is 4.90 Å². The summed E-state index contributed by atoms with van der Waals surface area (Å²) in [4.78, 5) is 15.6. The van der Waals surface area contributed by atoms with Gasteiger partial charge in [-0.3, -0.25) is 0 Å². The van der Waals surface area contributed by atoms with Crippen LogP contribution >= 0.6 is 0 Å². The van der Waals surface area contributed by atoms with Crippen molar-refractivity contribution in [3.05, 3.63) is 23.8 Å². The largest absolute Gasteiger partial charge is 0.346 e. The molecule has 0 aliphatic carbocycles. The zero-order valence-electron chi connectivity index (χ0n) is 19.2. The Balaban J connectivity index is 2.28. The van der Waals surface area contributed by atoms with Gasteiger partial charge in [-0.25, -0.2) is 4.79 Å². The van der Waals surface area contributed by atoms with Gasteiger partial charge in [0.25, 0.3) is 0 Å². The standard InChI is InChI=1S/C24H40N4O/c1-6-10-14-20(8-3)17-27(18-21(9-4)15-11-7-2)24(29)28-22-16-12-13-19(5)23(22)25-26-28/h12-13,16,20-21H,6-11,14-15,17-18H2,1-5H3. The van der Waals surface area contributed by atoms with E-state index in [4.69, 9.17) is 0 Å². The smallest absolute Gasteiger partial charge is 0.322 e. The van der Waals surface area contributed by atoms with E-state index in [1.165, 1.54) is 43.2 Å². The fraction of sp³-hybridized carbons (Fsp3) is 0.708. The van der Waals surface area contributed by atoms with Crippen LogP contribution in [0.25, 0.3) is 11.0 Å². The van der Waals surface area contributed by atoms with Crippen molar-refractivity contribution in [2.24, 2.45) is 11.8 Å². The molecule has 2 unspecified atom stereocenters. The number of hydrogen-bond donors (Lipinski definition) is 0. The molecular formula is C24H40N4O. The first-order valence-electron chi connectivity index (χ1n) is 11.7. The summed E-state index contributed by atoms with van der Waals surface area (Å²) in [6.07, 6.45) is 9.41. The van der Waals surface area contributed by atoms with Crippen molar-refractivity contribution in [2.75, 3.05) is 13.1 Å². The van der Waals surface area contributed by atoms with Crippen LogP contribution in [0.15, 0.2) is 18.2 Å². The maximum atomic E-state index is 13.6. The number of fused-ring (bicyclic) bond motifs is 1. The monoisotopic (exact) mass is 400 g/mol. The second-order valence-corrected chi connectivity index (χ2v) is 8.46. The zero-order valence-corrected chi connectivity index (χ0v) is 19.2. The molecule has 2 rings (SSSR count). The number of carbonyl (C=O) groups is 1. The average Bonchev–Trinajstić information content (AvgIpc) is 3.17. The van der Waals surface area contributed by atoms with Gasteiger partial charge >= 0.3 is 6.03 Å². The third-order valence-electron chi connectivity index (χ3n) is 6.17. The van der Waals surface area contributed by atoms with E-state index in [1.807, 2.05) is 25.1 Å². The predicted molar refractivity (Wildman–Crippen MR) is 121 cm³/mol. The number of hydrogen-bond acceptors (Lipinski definition) is 3. The fourth-order valence-electron chi connectivity index (χ4n) is 4.05. The van der Waals surface area contributed by atoms with Gasteiger partial charge in [-0.2, -0.15) is 4.68 Å². The highest BCUT2D eigenvalue weighted by atomic mass is 16.2. The number of aromatic nitrogens is 3. The van der Waals surface area contributed by atoms with Crippen LogP contribution in [0.2, 0.25) is 0 Å². The van der Waals surface area contributed by atoms with Crippen LogP contribution in [0.1, 0.15) is 84.6 Å². The van der Waals surface area contributed by atoms with Gasteiger partial charge in [0.15, 0.2) is 0 Å². The molecule has 29 heavy (non-hydrogen) atoms. The second-order valence-electron chi connectivity index (χ2n) is 8.46. The minimum atomic E-state index is -0.0250. The van der Waals surface area contributed by atoms with Crippen LogP contribution in [0, 0.1) is 18.8 Å². The van der Waals surface area contributed by atoms with Crippen LogP contribution in [0.3, 0.4) is 0 Å². The summed E-state index contributed by atoms with van der Waals surface area (Å²) in [5.74, 6) is 1.08. The van der Waals surface area contributed by atoms with Gasteiger partial charge in [0.1, 0.15) is 5.52 Å². The molecule has 5 heteroatoms. The van der Waals surface area contributed by atoms with Crippen LogP contribution in [0.4, 0.5) is 4.79 Å². The van der Waals surface area contributed by atoms with Gasteiger partial charge in [-0.05, 0) is 43.2 Å². The molecule has 1 aromatic heterocycles. The van der Waals surface area contributed by atoms with Crippen LogP contribution in [-0.2, 0) is 0 Å². The van der Waals surface area contributed by atoms with Gasteiger partial charge in [0.2, 0.25) is 0 Å². The van der Waals surface area contributed by atoms with Gasteiger partial charge in [0.05, 0.1) is 5.52 Å². The van der Waals surface area contributed by atoms with E-state index in [-0.39, 0.29) is 6.03 Å². The Hall–Kier alpha value is -1.91. The Morgan fingerprint density at radius 3 is 2.10 bits per heavy atom. The maximum Gasteiger partial charge on any atom is 0.346 e. The molecule has 5 nitrogen and oxygen atoms in total. The summed E-state index contributed by atoms with van der Waals surface area (Å²) >= 11 is 0. The molecule has 0 aliphatic heterocycles. The molecule has 2 atom stereocenters. The van der Waals surface area contributed by atoms with Crippen molar-refractivity contribution in [2.45, 2.75) is 86.0 Å². The van der Waals surface area contributed by atoms with Crippen LogP contribution in [-0.4, -0.2) is 39.0 Å². The minimum absolute atomic E-state index is 0.0250. The minimum Gasteiger partial charge on any atom is -0.322 e. The van der Waals surface area contributed by atoms with Gasteiger partial charge in [-0.1, -0.05) is 83.6 Å². The normalized spacial score (nSPS) is 13.6. The Morgan fingerprint density at radius 1 is 1.00 bits per heavy atom. The van der Waals surface area contributed by atoms with Crippen molar-refractivity contribution >= 4 is 17.1 Å². The lowest BCUT2D eigenvalue weighted by atomic mass is 9.96. The molecule has 0 saturated heterocycles. The first kappa shape index (κ1) is 23.4. The molecule has 1 heterocycles. The first-order chi connectivity index (χ1) is 14.0. The van der Waals surface area contributed by atoms with E-state index in [0.29, 0.717) is 11.8 Å². The molecule has 162 valence electrons. The highest BCUT2D eigenvalue weighted by Gasteiger charge is 2.24. The summed E-state index contributed by atoms with van der Waals surface area (Å²) in [5, 5.41) is 8.53. The lowest BCUT2D eigenvalue weighted by Gasteiger charge is -2.30. The second kappa shape index (κ2) is 11.9. The maximum absolute atomic E-state index is 13.6. The molecule has 1 amide bonds. The number of amides is 1. The van der Waals surface area contributed by atoms with E-state index in [0.717, 1.165) is 42.5 Å². The quantitative estimate of drug-likeness (QED) is 0.412. The summed E-state index contributed by atoms with van der Waals surface area (Å²) < 4.78 is 1.52. The van der Waals surface area contributed by atoms with E-state index in [9.17, 15) is 4.79 Å². The van der Waals surface area contributed by atoms with Crippen LogP contribution < -0.4 is 0 Å². The topological polar surface area (TPSA) is 51.0 Å². The van der Waals surface area contributed by atoms with E-state index in [1.54, 1.807) is 0 Å². The third kappa shape index (κ3) is 6.28. The van der Waals surface area contributed by atoms with Gasteiger partial charge in [0, 0.05) is 13.1 Å². The first-order valence-corrected chi connectivity index (χ1v) is 11.7. The summed E-state index contributed by atoms with van der Waals surface area (Å²) in [6, 6.07) is 5.91. The molecule has 2 aromatic rings. The molecular weight excluding hydrogens is 360 g/mol. The molecule has 0 spiro atoms. The van der Waals surface area contributed by atoms with Crippen molar-refractivity contribution in [3.63, 3.8) is 0 Å². The van der Waals surface area contributed by atoms with Crippen LogP contribution in [0.5, 0.6) is 0 Å². The summed E-state index contributed by atoms with van der Waals surface area (Å²) in [6.45, 7) is 12.6. The molecule has 0 N–H and O–H groups in total. The summed E-state index contributed by atoms with van der Waals surface area (Å²) in [7, 11) is 0. The Kier molecular flexibility index (Phi) is 9.62. The Bertz CT molecular complexity index is 736. The predicted octanol–water partition coefficient (Wildman–Crippen LogP) is 6.44. The fourth-order valence-corrected chi connectivity index (χ4v) is 4.05. The Morgan fingerprint density at radius 2 is 1.59 bits per heavy atom. The van der Waals surface area contributed by atoms with Crippen molar-refractivity contribution in [3.8, 4) is 0 Å². The zero-order chi connectivity index (χ0) is 21.2. The molecule has 0 radical (unpaired) electrons. The lowest BCUT2D eigenvalue weighted by Crippen LogP contribution is -2.41. The number of unbranched alkanes of at least 4 members (excludes halogenated alkanes) is 2. The SMILES string of the molecule is CCCCC(CC)CN(CC(CC)CCCC)C(=O)n1nnc2c(C)cccc21. The van der Waals surface area contributed by atoms with E-state index in [2.05, 4.69) is 42.9 Å². The number of carbonyl (C=O) groups excluding carboxylic acids is 1. The third-order valence-corrected chi connectivity index (χ3v) is 6.17. The number of benzene rings is 1. The molecule has 0 aliphatic rings. The average molecular weight is 401 g/mol. The van der Waals surface area contributed by atoms with E-state index < -0.39 is 0 Å². The highest BCUT2D eigenvalue weighted by molar-refractivity contribution is 5.89. The van der Waals surface area contributed by atoms with Crippen molar-refractivity contribution in [1.29, 1.82) is 0 Å². The van der Waals surface area contributed by atoms with Gasteiger partial charge in [-0.15, -0.1) is 5.10 Å². The van der Waals surface area contributed by atoms with E-state index >= 15 is 0 Å². The van der Waals surface area contributed by atoms with Crippen molar-refractivity contribution in [1.82, 2.24) is 19.9 Å². The number of nitrogens with zero attached hydrogens (tertiary/aromatic N) is 4. The molecule has 0 fully saturated rings. The highest BCUT2D eigenvalue weighted by Crippen LogP contribution is 2.21. The molecule has 0 bridgehead atoms. The molecule has 1 aromatic carbocycles. The number of aryl methyl sites for hydroxylation is 1. The lowest BCUT2D eigenvalue weighted by molar-refractivity contribution is 0.168. The van der Waals surface area contributed by atoms with Crippen molar-refractivity contribution < 1.29 is 4.79 Å².